The molecular weight excluding hydrogens is 302 g/mol. The van der Waals surface area contributed by atoms with Crippen LogP contribution < -0.4 is 5.32 Å². The summed E-state index contributed by atoms with van der Waals surface area (Å²) in [4.78, 5) is 23.5. The molecule has 3 rings (SSSR count). The van der Waals surface area contributed by atoms with Gasteiger partial charge in [0, 0.05) is 50.3 Å². The number of aryl methyl sites for hydroxylation is 2. The fraction of sp³-hybridized carbons (Fsp3) is 0.500. The molecule has 6 heteroatoms. The van der Waals surface area contributed by atoms with E-state index < -0.39 is 0 Å². The van der Waals surface area contributed by atoms with E-state index in [0.29, 0.717) is 11.6 Å². The van der Waals surface area contributed by atoms with Crippen molar-refractivity contribution in [2.75, 3.05) is 18.9 Å². The SMILES string of the molecule is CNc1cc(C(=O)N2CCCCC2CCn2ccnc2C)ccn1. The normalized spacial score (nSPS) is 17.8. The molecule has 0 bridgehead atoms. The van der Waals surface area contributed by atoms with Gasteiger partial charge in [0.05, 0.1) is 0 Å². The number of nitrogens with one attached hydrogen (secondary N) is 1. The summed E-state index contributed by atoms with van der Waals surface area (Å²) in [5, 5.41) is 2.99. The van der Waals surface area contributed by atoms with E-state index in [0.717, 1.165) is 44.0 Å². The molecule has 0 saturated carbocycles. The second-order valence-electron chi connectivity index (χ2n) is 6.28. The summed E-state index contributed by atoms with van der Waals surface area (Å²) in [6.07, 6.45) is 9.83. The van der Waals surface area contributed by atoms with E-state index in [9.17, 15) is 4.79 Å². The average Bonchev–Trinajstić information content (AvgIpc) is 3.04. The van der Waals surface area contributed by atoms with Crippen LogP contribution in [-0.4, -0.2) is 45.0 Å². The van der Waals surface area contributed by atoms with Crippen molar-refractivity contribution >= 4 is 11.7 Å². The fourth-order valence-electron chi connectivity index (χ4n) is 3.36. The van der Waals surface area contributed by atoms with Gasteiger partial charge >= 0.3 is 0 Å². The highest BCUT2D eigenvalue weighted by atomic mass is 16.2. The molecule has 1 aliphatic rings. The molecule has 0 aliphatic carbocycles. The van der Waals surface area contributed by atoms with Crippen molar-refractivity contribution in [1.29, 1.82) is 0 Å². The van der Waals surface area contributed by atoms with Crippen molar-refractivity contribution in [2.24, 2.45) is 0 Å². The first-order chi connectivity index (χ1) is 11.7. The third-order valence-electron chi connectivity index (χ3n) is 4.78. The first-order valence-corrected chi connectivity index (χ1v) is 8.61. The van der Waals surface area contributed by atoms with Crippen LogP contribution in [0.25, 0.3) is 0 Å². The molecule has 0 spiro atoms. The smallest absolute Gasteiger partial charge is 0.254 e. The lowest BCUT2D eigenvalue weighted by molar-refractivity contribution is 0.0595. The standard InChI is InChI=1S/C18H25N5O/c1-14-20-9-12-22(14)11-7-16-5-3-4-10-23(16)18(24)15-6-8-21-17(13-15)19-2/h6,8-9,12-13,16H,3-5,7,10-11H2,1-2H3,(H,19,21). The summed E-state index contributed by atoms with van der Waals surface area (Å²) in [5.41, 5.74) is 0.708. The van der Waals surface area contributed by atoms with Crippen LogP contribution in [0.4, 0.5) is 5.82 Å². The number of carbonyl (C=O) groups is 1. The van der Waals surface area contributed by atoms with Crippen LogP contribution in [0.5, 0.6) is 0 Å². The van der Waals surface area contributed by atoms with Gasteiger partial charge in [-0.25, -0.2) is 9.97 Å². The molecular formula is C18H25N5O. The Balaban J connectivity index is 1.71. The van der Waals surface area contributed by atoms with Gasteiger partial charge in [0.25, 0.3) is 5.91 Å². The van der Waals surface area contributed by atoms with Crippen LogP contribution >= 0.6 is 0 Å². The van der Waals surface area contributed by atoms with E-state index in [1.54, 1.807) is 12.3 Å². The Morgan fingerprint density at radius 1 is 1.33 bits per heavy atom. The maximum atomic E-state index is 13.0. The Bertz CT molecular complexity index is 696. The zero-order chi connectivity index (χ0) is 16.9. The van der Waals surface area contributed by atoms with Crippen molar-refractivity contribution in [3.63, 3.8) is 0 Å². The molecule has 0 aromatic carbocycles. The highest BCUT2D eigenvalue weighted by Crippen LogP contribution is 2.23. The van der Waals surface area contributed by atoms with Gasteiger partial charge in [-0.15, -0.1) is 0 Å². The van der Waals surface area contributed by atoms with E-state index in [1.165, 1.54) is 6.42 Å². The number of rotatable bonds is 5. The summed E-state index contributed by atoms with van der Waals surface area (Å²) in [7, 11) is 1.81. The topological polar surface area (TPSA) is 63.1 Å². The highest BCUT2D eigenvalue weighted by molar-refractivity contribution is 5.95. The highest BCUT2D eigenvalue weighted by Gasteiger charge is 2.27. The number of piperidine rings is 1. The first-order valence-electron chi connectivity index (χ1n) is 8.61. The molecule has 1 unspecified atom stereocenters. The molecule has 1 N–H and O–H groups in total. The first kappa shape index (κ1) is 16.5. The maximum Gasteiger partial charge on any atom is 0.254 e. The summed E-state index contributed by atoms with van der Waals surface area (Å²) < 4.78 is 2.16. The number of aromatic nitrogens is 3. The number of likely N-dealkylation sites (tertiary alicyclic amines) is 1. The predicted octanol–water partition coefficient (Wildman–Crippen LogP) is 2.71. The zero-order valence-corrected chi connectivity index (χ0v) is 14.4. The number of pyridine rings is 1. The zero-order valence-electron chi connectivity index (χ0n) is 14.4. The fourth-order valence-corrected chi connectivity index (χ4v) is 3.36. The lowest BCUT2D eigenvalue weighted by Crippen LogP contribution is -2.44. The summed E-state index contributed by atoms with van der Waals surface area (Å²) in [6, 6.07) is 3.92. The Morgan fingerprint density at radius 2 is 2.21 bits per heavy atom. The molecule has 2 aromatic heterocycles. The van der Waals surface area contributed by atoms with Gasteiger partial charge in [-0.2, -0.15) is 0 Å². The lowest BCUT2D eigenvalue weighted by Gasteiger charge is -2.36. The molecule has 24 heavy (non-hydrogen) atoms. The Morgan fingerprint density at radius 3 is 2.96 bits per heavy atom. The van der Waals surface area contributed by atoms with Gasteiger partial charge in [0.1, 0.15) is 11.6 Å². The van der Waals surface area contributed by atoms with Crippen LogP contribution in [0, 0.1) is 6.92 Å². The quantitative estimate of drug-likeness (QED) is 0.917. The van der Waals surface area contributed by atoms with Crippen LogP contribution in [-0.2, 0) is 6.54 Å². The van der Waals surface area contributed by atoms with Crippen molar-refractivity contribution in [3.05, 3.63) is 42.1 Å². The van der Waals surface area contributed by atoms with E-state index in [4.69, 9.17) is 0 Å². The average molecular weight is 327 g/mol. The van der Waals surface area contributed by atoms with Gasteiger partial charge in [0.2, 0.25) is 0 Å². The van der Waals surface area contributed by atoms with Crippen molar-refractivity contribution in [1.82, 2.24) is 19.4 Å². The molecule has 1 amide bonds. The molecule has 1 aliphatic heterocycles. The molecule has 3 heterocycles. The Hall–Kier alpha value is -2.37. The number of anilines is 1. The largest absolute Gasteiger partial charge is 0.373 e. The second kappa shape index (κ2) is 7.47. The molecule has 1 saturated heterocycles. The van der Waals surface area contributed by atoms with Gasteiger partial charge in [0.15, 0.2) is 0 Å². The van der Waals surface area contributed by atoms with E-state index >= 15 is 0 Å². The van der Waals surface area contributed by atoms with E-state index in [-0.39, 0.29) is 5.91 Å². The minimum Gasteiger partial charge on any atom is -0.373 e. The van der Waals surface area contributed by atoms with E-state index in [2.05, 4.69) is 19.9 Å². The van der Waals surface area contributed by atoms with Crippen LogP contribution in [0.1, 0.15) is 41.9 Å². The van der Waals surface area contributed by atoms with Crippen LogP contribution in [0.2, 0.25) is 0 Å². The van der Waals surface area contributed by atoms with E-state index in [1.807, 2.05) is 37.3 Å². The van der Waals surface area contributed by atoms with Gasteiger partial charge in [-0.3, -0.25) is 4.79 Å². The molecule has 6 nitrogen and oxygen atoms in total. The van der Waals surface area contributed by atoms with Gasteiger partial charge in [-0.05, 0) is 44.7 Å². The minimum absolute atomic E-state index is 0.112. The summed E-state index contributed by atoms with van der Waals surface area (Å²) in [6.45, 7) is 3.75. The molecule has 0 radical (unpaired) electrons. The third kappa shape index (κ3) is 3.58. The molecule has 1 atom stereocenters. The number of hydrogen-bond donors (Lipinski definition) is 1. The van der Waals surface area contributed by atoms with Crippen molar-refractivity contribution < 1.29 is 4.79 Å². The number of hydrogen-bond acceptors (Lipinski definition) is 4. The second-order valence-corrected chi connectivity index (χ2v) is 6.28. The molecule has 128 valence electrons. The monoisotopic (exact) mass is 327 g/mol. The molecule has 2 aromatic rings. The van der Waals surface area contributed by atoms with Gasteiger partial charge < -0.3 is 14.8 Å². The van der Waals surface area contributed by atoms with Crippen LogP contribution in [0.3, 0.4) is 0 Å². The number of nitrogens with zero attached hydrogens (tertiary/aromatic N) is 4. The number of imidazole rings is 1. The third-order valence-corrected chi connectivity index (χ3v) is 4.78. The van der Waals surface area contributed by atoms with Gasteiger partial charge in [-0.1, -0.05) is 0 Å². The number of amides is 1. The molecule has 1 fully saturated rings. The summed E-state index contributed by atoms with van der Waals surface area (Å²) >= 11 is 0. The number of carbonyl (C=O) groups excluding carboxylic acids is 1. The maximum absolute atomic E-state index is 13.0. The minimum atomic E-state index is 0.112. The van der Waals surface area contributed by atoms with Crippen molar-refractivity contribution in [2.45, 2.75) is 45.2 Å². The Labute approximate surface area is 142 Å². The lowest BCUT2D eigenvalue weighted by atomic mass is 9.98. The summed E-state index contributed by atoms with van der Waals surface area (Å²) in [5.74, 6) is 1.86. The predicted molar refractivity (Wildman–Crippen MR) is 94.0 cm³/mol. The van der Waals surface area contributed by atoms with Crippen LogP contribution in [0.15, 0.2) is 30.7 Å². The Kier molecular flexibility index (Phi) is 5.13. The van der Waals surface area contributed by atoms with Crippen molar-refractivity contribution in [3.8, 4) is 0 Å².